The molecule has 74 valence electrons. The lowest BCUT2D eigenvalue weighted by molar-refractivity contribution is 0.0696. The van der Waals surface area contributed by atoms with Gasteiger partial charge in [0, 0.05) is 5.33 Å². The molecule has 2 nitrogen and oxygen atoms in total. The zero-order chi connectivity index (χ0) is 10.6. The number of rotatable bonds is 3. The standard InChI is InChI=1S/C11H11BrO2/c1-2-4-9-8(7-12)5-3-6-10(9)11(13)14/h2-6H,7H2,1H3,(H,13,14). The summed E-state index contributed by atoms with van der Waals surface area (Å²) in [6.07, 6.45) is 3.66. The van der Waals surface area contributed by atoms with Crippen LogP contribution in [-0.4, -0.2) is 11.1 Å². The molecule has 0 saturated heterocycles. The third kappa shape index (κ3) is 2.23. The minimum absolute atomic E-state index is 0.347. The van der Waals surface area contributed by atoms with Crippen LogP contribution in [0.5, 0.6) is 0 Å². The molecule has 0 saturated carbocycles. The quantitative estimate of drug-likeness (QED) is 0.841. The minimum atomic E-state index is -0.888. The van der Waals surface area contributed by atoms with E-state index in [2.05, 4.69) is 15.9 Å². The highest BCUT2D eigenvalue weighted by Crippen LogP contribution is 2.19. The van der Waals surface area contributed by atoms with E-state index >= 15 is 0 Å². The highest BCUT2D eigenvalue weighted by atomic mass is 79.9. The summed E-state index contributed by atoms with van der Waals surface area (Å²) in [4.78, 5) is 10.9. The summed E-state index contributed by atoms with van der Waals surface area (Å²) in [7, 11) is 0. The van der Waals surface area contributed by atoms with E-state index in [0.29, 0.717) is 10.9 Å². The van der Waals surface area contributed by atoms with E-state index in [1.165, 1.54) is 0 Å². The Bertz CT molecular complexity index is 370. The van der Waals surface area contributed by atoms with Crippen molar-refractivity contribution in [1.29, 1.82) is 0 Å². The van der Waals surface area contributed by atoms with Gasteiger partial charge >= 0.3 is 5.97 Å². The van der Waals surface area contributed by atoms with Gasteiger partial charge in [0.1, 0.15) is 0 Å². The second-order valence-corrected chi connectivity index (χ2v) is 3.38. The fraction of sp³-hybridized carbons (Fsp3) is 0.182. The first-order valence-electron chi connectivity index (χ1n) is 4.24. The van der Waals surface area contributed by atoms with Gasteiger partial charge in [-0.1, -0.05) is 40.2 Å². The first-order valence-corrected chi connectivity index (χ1v) is 5.36. The van der Waals surface area contributed by atoms with Gasteiger partial charge in [-0.15, -0.1) is 0 Å². The van der Waals surface area contributed by atoms with E-state index < -0.39 is 5.97 Å². The van der Waals surface area contributed by atoms with Gasteiger partial charge in [-0.3, -0.25) is 0 Å². The Balaban J connectivity index is 3.35. The van der Waals surface area contributed by atoms with Gasteiger partial charge in [0.05, 0.1) is 5.56 Å². The summed E-state index contributed by atoms with van der Waals surface area (Å²) in [6.45, 7) is 1.87. The van der Waals surface area contributed by atoms with Crippen molar-refractivity contribution in [2.24, 2.45) is 0 Å². The monoisotopic (exact) mass is 254 g/mol. The maximum atomic E-state index is 10.9. The van der Waals surface area contributed by atoms with Gasteiger partial charge in [-0.2, -0.15) is 0 Å². The molecule has 0 radical (unpaired) electrons. The van der Waals surface area contributed by atoms with Crippen molar-refractivity contribution in [3.63, 3.8) is 0 Å². The smallest absolute Gasteiger partial charge is 0.336 e. The number of aromatic carboxylic acids is 1. The molecule has 0 unspecified atom stereocenters. The topological polar surface area (TPSA) is 37.3 Å². The molecule has 1 aromatic carbocycles. The molecule has 0 atom stereocenters. The van der Waals surface area contributed by atoms with Gasteiger partial charge in [-0.25, -0.2) is 4.79 Å². The number of halogens is 1. The third-order valence-corrected chi connectivity index (χ3v) is 2.51. The number of alkyl halides is 1. The van der Waals surface area contributed by atoms with Crippen LogP contribution in [0, 0.1) is 0 Å². The van der Waals surface area contributed by atoms with Crippen LogP contribution in [0.2, 0.25) is 0 Å². The van der Waals surface area contributed by atoms with Crippen molar-refractivity contribution in [2.45, 2.75) is 12.3 Å². The number of hydrogen-bond donors (Lipinski definition) is 1. The lowest BCUT2D eigenvalue weighted by Crippen LogP contribution is -2.01. The Labute approximate surface area is 91.4 Å². The molecular weight excluding hydrogens is 244 g/mol. The summed E-state index contributed by atoms with van der Waals surface area (Å²) in [5.74, 6) is -0.888. The van der Waals surface area contributed by atoms with Crippen molar-refractivity contribution in [3.8, 4) is 0 Å². The largest absolute Gasteiger partial charge is 0.478 e. The van der Waals surface area contributed by atoms with Crippen LogP contribution in [0.1, 0.15) is 28.4 Å². The highest BCUT2D eigenvalue weighted by Gasteiger charge is 2.10. The lowest BCUT2D eigenvalue weighted by atomic mass is 10.0. The van der Waals surface area contributed by atoms with Gasteiger partial charge < -0.3 is 5.11 Å². The first-order chi connectivity index (χ1) is 6.70. The average Bonchev–Trinajstić information content (AvgIpc) is 2.18. The Morgan fingerprint density at radius 2 is 2.29 bits per heavy atom. The number of carboxylic acid groups (broad SMARTS) is 1. The molecule has 0 aliphatic carbocycles. The average molecular weight is 255 g/mol. The van der Waals surface area contributed by atoms with Crippen LogP contribution in [-0.2, 0) is 5.33 Å². The number of hydrogen-bond acceptors (Lipinski definition) is 1. The fourth-order valence-electron chi connectivity index (χ4n) is 1.28. The summed E-state index contributed by atoms with van der Waals surface area (Å²) in [5.41, 5.74) is 2.11. The van der Waals surface area contributed by atoms with Crippen LogP contribution in [0.3, 0.4) is 0 Å². The lowest BCUT2D eigenvalue weighted by Gasteiger charge is -2.06. The minimum Gasteiger partial charge on any atom is -0.478 e. The van der Waals surface area contributed by atoms with E-state index in [0.717, 1.165) is 11.1 Å². The molecule has 0 amide bonds. The molecule has 1 aromatic rings. The Kier molecular flexibility index (Phi) is 3.89. The Morgan fingerprint density at radius 1 is 1.57 bits per heavy atom. The summed E-state index contributed by atoms with van der Waals surface area (Å²) < 4.78 is 0. The zero-order valence-electron chi connectivity index (χ0n) is 7.83. The van der Waals surface area contributed by atoms with E-state index in [-0.39, 0.29) is 0 Å². The second-order valence-electron chi connectivity index (χ2n) is 2.82. The molecule has 0 fully saturated rings. The number of carbonyl (C=O) groups is 1. The molecular formula is C11H11BrO2. The molecule has 0 spiro atoms. The second kappa shape index (κ2) is 4.96. The molecule has 14 heavy (non-hydrogen) atoms. The predicted molar refractivity (Wildman–Crippen MR) is 60.7 cm³/mol. The number of allylic oxidation sites excluding steroid dienone is 1. The van der Waals surface area contributed by atoms with E-state index in [4.69, 9.17) is 5.11 Å². The van der Waals surface area contributed by atoms with Crippen molar-refractivity contribution in [1.82, 2.24) is 0 Å². The van der Waals surface area contributed by atoms with Crippen LogP contribution < -0.4 is 0 Å². The van der Waals surface area contributed by atoms with Crippen molar-refractivity contribution in [2.75, 3.05) is 0 Å². The number of benzene rings is 1. The zero-order valence-corrected chi connectivity index (χ0v) is 9.41. The normalized spacial score (nSPS) is 10.7. The molecule has 0 heterocycles. The van der Waals surface area contributed by atoms with Gasteiger partial charge in [-0.05, 0) is 24.1 Å². The number of carboxylic acids is 1. The molecule has 0 aliphatic heterocycles. The Morgan fingerprint density at radius 3 is 2.79 bits per heavy atom. The van der Waals surface area contributed by atoms with E-state index in [1.807, 2.05) is 25.1 Å². The van der Waals surface area contributed by atoms with Crippen LogP contribution in [0.15, 0.2) is 24.3 Å². The van der Waals surface area contributed by atoms with E-state index in [9.17, 15) is 4.79 Å². The molecule has 0 aromatic heterocycles. The summed E-state index contributed by atoms with van der Waals surface area (Å²) in [5, 5.41) is 9.62. The fourth-order valence-corrected chi connectivity index (χ4v) is 1.77. The van der Waals surface area contributed by atoms with Crippen molar-refractivity contribution in [3.05, 3.63) is 41.0 Å². The van der Waals surface area contributed by atoms with Gasteiger partial charge in [0.2, 0.25) is 0 Å². The van der Waals surface area contributed by atoms with Crippen LogP contribution in [0.4, 0.5) is 0 Å². The third-order valence-electron chi connectivity index (χ3n) is 1.90. The van der Waals surface area contributed by atoms with Crippen LogP contribution >= 0.6 is 15.9 Å². The maximum absolute atomic E-state index is 10.9. The van der Waals surface area contributed by atoms with Crippen LogP contribution in [0.25, 0.3) is 6.08 Å². The predicted octanol–water partition coefficient (Wildman–Crippen LogP) is 3.31. The maximum Gasteiger partial charge on any atom is 0.336 e. The molecule has 3 heteroatoms. The molecule has 1 N–H and O–H groups in total. The highest BCUT2D eigenvalue weighted by molar-refractivity contribution is 9.08. The van der Waals surface area contributed by atoms with Gasteiger partial charge in [0.15, 0.2) is 0 Å². The molecule has 0 bridgehead atoms. The summed E-state index contributed by atoms with van der Waals surface area (Å²) in [6, 6.07) is 5.29. The van der Waals surface area contributed by atoms with Crippen molar-refractivity contribution < 1.29 is 9.90 Å². The van der Waals surface area contributed by atoms with Crippen molar-refractivity contribution >= 4 is 28.0 Å². The molecule has 0 aliphatic rings. The first kappa shape index (κ1) is 11.0. The SMILES string of the molecule is CC=Cc1c(CBr)cccc1C(=O)O. The summed E-state index contributed by atoms with van der Waals surface area (Å²) >= 11 is 3.33. The van der Waals surface area contributed by atoms with E-state index in [1.54, 1.807) is 12.1 Å². The van der Waals surface area contributed by atoms with Gasteiger partial charge in [0.25, 0.3) is 0 Å². The molecule has 1 rings (SSSR count). The Hall–Kier alpha value is -1.09.